The Bertz CT molecular complexity index is 925. The number of anilines is 1. The molecule has 5 nitrogen and oxygen atoms in total. The number of fused-ring (bicyclic) bond motifs is 1. The van der Waals surface area contributed by atoms with Gasteiger partial charge < -0.3 is 15.1 Å². The fourth-order valence-corrected chi connectivity index (χ4v) is 4.85. The molecule has 4 rings (SSSR count). The van der Waals surface area contributed by atoms with Gasteiger partial charge in [-0.1, -0.05) is 29.8 Å². The van der Waals surface area contributed by atoms with E-state index in [0.29, 0.717) is 6.54 Å². The van der Waals surface area contributed by atoms with Crippen molar-refractivity contribution in [3.8, 4) is 0 Å². The Kier molecular flexibility index (Phi) is 6.80. The summed E-state index contributed by atoms with van der Waals surface area (Å²) in [5, 5.41) is 3.08. The number of rotatable bonds is 5. The Hall–Kier alpha value is -2.15. The highest BCUT2D eigenvalue weighted by molar-refractivity contribution is 6.33. The minimum atomic E-state index is -0.599. The third kappa shape index (κ3) is 4.86. The molecule has 2 aromatic carbocycles. The number of carbonyl (C=O) groups excluding carboxylic acids is 1. The first-order chi connectivity index (χ1) is 14.9. The summed E-state index contributed by atoms with van der Waals surface area (Å²) in [7, 11) is 4.26. The second kappa shape index (κ2) is 9.55. The summed E-state index contributed by atoms with van der Waals surface area (Å²) in [6.07, 6.45) is 2.22. The van der Waals surface area contributed by atoms with E-state index in [4.69, 9.17) is 11.6 Å². The first-order valence-corrected chi connectivity index (χ1v) is 11.3. The standard InChI is InChI=1S/C24H30ClFN4O/c1-28-11-13-30(14-12-28)22(16-27-24(31)23-19(25)6-3-7-20(23)26)18-8-9-21-17(15-18)5-4-10-29(21)2/h3,6-9,15,22H,4-5,10-14,16H2,1-2H3,(H,27,31)/t22-/m0/s1. The van der Waals surface area contributed by atoms with E-state index in [1.165, 1.54) is 35.0 Å². The molecule has 7 heteroatoms. The lowest BCUT2D eigenvalue weighted by Gasteiger charge is -2.39. The summed E-state index contributed by atoms with van der Waals surface area (Å²) in [6, 6.07) is 11.0. The number of nitrogens with zero attached hydrogens (tertiary/aromatic N) is 3. The van der Waals surface area contributed by atoms with E-state index in [2.05, 4.69) is 52.3 Å². The molecule has 1 saturated heterocycles. The number of halogens is 2. The van der Waals surface area contributed by atoms with Gasteiger partial charge >= 0.3 is 0 Å². The van der Waals surface area contributed by atoms with Crippen LogP contribution in [0.15, 0.2) is 36.4 Å². The zero-order valence-electron chi connectivity index (χ0n) is 18.2. The number of likely N-dealkylation sites (N-methyl/N-ethyl adjacent to an activating group) is 1. The van der Waals surface area contributed by atoms with Crippen molar-refractivity contribution in [3.05, 3.63) is 63.9 Å². The van der Waals surface area contributed by atoms with Gasteiger partial charge in [-0.05, 0) is 49.2 Å². The van der Waals surface area contributed by atoms with Crippen molar-refractivity contribution in [2.75, 3.05) is 58.3 Å². The molecule has 0 spiro atoms. The van der Waals surface area contributed by atoms with Crippen LogP contribution in [0.3, 0.4) is 0 Å². The molecule has 2 aliphatic rings. The monoisotopic (exact) mass is 444 g/mol. The van der Waals surface area contributed by atoms with Gasteiger partial charge in [0.05, 0.1) is 16.6 Å². The van der Waals surface area contributed by atoms with Gasteiger partial charge in [-0.15, -0.1) is 0 Å². The van der Waals surface area contributed by atoms with Crippen molar-refractivity contribution in [2.24, 2.45) is 0 Å². The topological polar surface area (TPSA) is 38.8 Å². The number of hydrogen-bond donors (Lipinski definition) is 1. The summed E-state index contributed by atoms with van der Waals surface area (Å²) in [6.45, 7) is 5.30. The third-order valence-corrected chi connectivity index (χ3v) is 6.78. The van der Waals surface area contributed by atoms with Gasteiger partial charge in [0.2, 0.25) is 0 Å². The van der Waals surface area contributed by atoms with Crippen LogP contribution in [0, 0.1) is 5.82 Å². The molecule has 31 heavy (non-hydrogen) atoms. The highest BCUT2D eigenvalue weighted by Gasteiger charge is 2.27. The van der Waals surface area contributed by atoms with E-state index in [0.717, 1.165) is 45.6 Å². The average molecular weight is 445 g/mol. The van der Waals surface area contributed by atoms with Crippen LogP contribution in [-0.4, -0.2) is 69.1 Å². The van der Waals surface area contributed by atoms with Crippen molar-refractivity contribution < 1.29 is 9.18 Å². The highest BCUT2D eigenvalue weighted by Crippen LogP contribution is 2.31. The van der Waals surface area contributed by atoms with Gasteiger partial charge in [0.25, 0.3) is 5.91 Å². The van der Waals surface area contributed by atoms with Gasteiger partial charge in [0, 0.05) is 52.0 Å². The van der Waals surface area contributed by atoms with Crippen LogP contribution in [0.2, 0.25) is 5.02 Å². The first kappa shape index (κ1) is 22.1. The molecule has 2 aromatic rings. The van der Waals surface area contributed by atoms with Crippen molar-refractivity contribution >= 4 is 23.2 Å². The van der Waals surface area contributed by atoms with E-state index >= 15 is 0 Å². The largest absolute Gasteiger partial charge is 0.374 e. The van der Waals surface area contributed by atoms with Crippen LogP contribution >= 0.6 is 11.6 Å². The molecule has 0 bridgehead atoms. The maximum Gasteiger partial charge on any atom is 0.255 e. The van der Waals surface area contributed by atoms with Crippen LogP contribution in [-0.2, 0) is 6.42 Å². The van der Waals surface area contributed by atoms with E-state index in [9.17, 15) is 9.18 Å². The van der Waals surface area contributed by atoms with Gasteiger partial charge in [-0.2, -0.15) is 0 Å². The zero-order valence-corrected chi connectivity index (χ0v) is 19.0. The lowest BCUT2D eigenvalue weighted by molar-refractivity contribution is 0.0883. The van der Waals surface area contributed by atoms with Gasteiger partial charge in [-0.3, -0.25) is 9.69 Å². The lowest BCUT2D eigenvalue weighted by atomic mass is 9.95. The van der Waals surface area contributed by atoms with Crippen molar-refractivity contribution in [1.29, 1.82) is 0 Å². The Balaban J connectivity index is 1.57. The zero-order chi connectivity index (χ0) is 22.0. The smallest absolute Gasteiger partial charge is 0.255 e. The molecule has 0 aromatic heterocycles. The van der Waals surface area contributed by atoms with E-state index in [1.807, 2.05) is 0 Å². The molecule has 1 N–H and O–H groups in total. The summed E-state index contributed by atoms with van der Waals surface area (Å²) >= 11 is 6.09. The number of amides is 1. The molecular formula is C24H30ClFN4O. The quantitative estimate of drug-likeness (QED) is 0.765. The first-order valence-electron chi connectivity index (χ1n) is 10.9. The molecular weight excluding hydrogens is 415 g/mol. The van der Waals surface area contributed by atoms with Crippen LogP contribution in [0.1, 0.15) is 33.9 Å². The van der Waals surface area contributed by atoms with E-state index < -0.39 is 11.7 Å². The van der Waals surface area contributed by atoms with Crippen LogP contribution in [0.5, 0.6) is 0 Å². The number of carbonyl (C=O) groups is 1. The molecule has 0 aliphatic carbocycles. The minimum absolute atomic E-state index is 0.0285. The van der Waals surface area contributed by atoms with Gasteiger partial charge in [-0.25, -0.2) is 4.39 Å². The van der Waals surface area contributed by atoms with Crippen LogP contribution in [0.25, 0.3) is 0 Å². The molecule has 1 amide bonds. The Morgan fingerprint density at radius 1 is 1.13 bits per heavy atom. The molecule has 0 saturated carbocycles. The predicted octanol–water partition coefficient (Wildman–Crippen LogP) is 3.58. The number of piperazine rings is 1. The van der Waals surface area contributed by atoms with Gasteiger partial charge in [0.1, 0.15) is 5.82 Å². The fourth-order valence-electron chi connectivity index (χ4n) is 4.60. The predicted molar refractivity (Wildman–Crippen MR) is 124 cm³/mol. The summed E-state index contributed by atoms with van der Waals surface area (Å²) in [5.41, 5.74) is 3.75. The summed E-state index contributed by atoms with van der Waals surface area (Å²) in [4.78, 5) is 19.8. The second-order valence-corrected chi connectivity index (χ2v) is 8.98. The highest BCUT2D eigenvalue weighted by atomic mass is 35.5. The number of hydrogen-bond acceptors (Lipinski definition) is 4. The van der Waals surface area contributed by atoms with Crippen LogP contribution in [0.4, 0.5) is 10.1 Å². The Morgan fingerprint density at radius 2 is 1.90 bits per heavy atom. The maximum absolute atomic E-state index is 14.2. The summed E-state index contributed by atoms with van der Waals surface area (Å²) < 4.78 is 14.2. The van der Waals surface area contributed by atoms with E-state index in [1.54, 1.807) is 0 Å². The molecule has 166 valence electrons. The van der Waals surface area contributed by atoms with E-state index in [-0.39, 0.29) is 16.6 Å². The average Bonchev–Trinajstić information content (AvgIpc) is 2.75. The third-order valence-electron chi connectivity index (χ3n) is 6.46. The van der Waals surface area contributed by atoms with Crippen molar-refractivity contribution in [3.63, 3.8) is 0 Å². The molecule has 2 heterocycles. The minimum Gasteiger partial charge on any atom is -0.374 e. The molecule has 0 unspecified atom stereocenters. The SMILES string of the molecule is CN1CCN([C@@H](CNC(=O)c2c(F)cccc2Cl)c2ccc3c(c2)CCCN3C)CC1. The molecule has 2 aliphatic heterocycles. The van der Waals surface area contributed by atoms with Gasteiger partial charge in [0.15, 0.2) is 0 Å². The fraction of sp³-hybridized carbons (Fsp3) is 0.458. The number of nitrogens with one attached hydrogen (secondary N) is 1. The van der Waals surface area contributed by atoms with Crippen molar-refractivity contribution in [2.45, 2.75) is 18.9 Å². The summed E-state index contributed by atoms with van der Waals surface area (Å²) in [5.74, 6) is -1.07. The normalized spacial score (nSPS) is 18.5. The lowest BCUT2D eigenvalue weighted by Crippen LogP contribution is -2.48. The number of aryl methyl sites for hydroxylation is 1. The molecule has 0 radical (unpaired) electrons. The Morgan fingerprint density at radius 3 is 2.65 bits per heavy atom. The molecule has 1 fully saturated rings. The second-order valence-electron chi connectivity index (χ2n) is 8.57. The van der Waals surface area contributed by atoms with Crippen LogP contribution < -0.4 is 10.2 Å². The maximum atomic E-state index is 14.2. The van der Waals surface area contributed by atoms with Crippen molar-refractivity contribution in [1.82, 2.24) is 15.1 Å². The molecule has 1 atom stereocenters. The Labute approximate surface area is 188 Å². The number of benzene rings is 2.